The van der Waals surface area contributed by atoms with Crippen LogP contribution in [0.5, 0.6) is 0 Å². The van der Waals surface area contributed by atoms with E-state index < -0.39 is 11.7 Å². The van der Waals surface area contributed by atoms with Crippen molar-refractivity contribution >= 4 is 11.6 Å². The van der Waals surface area contributed by atoms with Gasteiger partial charge in [0.05, 0.1) is 17.2 Å². The molecule has 0 aromatic heterocycles. The molecule has 0 bridgehead atoms. The SMILES string of the molecule is CC(C)C(=O)N1CC(CO)C2(CCN(c3ccc(C#N)c(C(F)(F)F)c3)CC2)C1. The van der Waals surface area contributed by atoms with Crippen LogP contribution in [0.2, 0.25) is 0 Å². The summed E-state index contributed by atoms with van der Waals surface area (Å²) in [5.41, 5.74) is -1.05. The molecule has 1 aromatic carbocycles. The van der Waals surface area contributed by atoms with E-state index in [2.05, 4.69) is 0 Å². The van der Waals surface area contributed by atoms with Crippen LogP contribution in [-0.4, -0.2) is 48.7 Å². The van der Waals surface area contributed by atoms with Gasteiger partial charge in [-0.3, -0.25) is 4.79 Å². The molecule has 2 heterocycles. The van der Waals surface area contributed by atoms with Gasteiger partial charge in [-0.25, -0.2) is 0 Å². The van der Waals surface area contributed by atoms with Crippen molar-refractivity contribution in [2.24, 2.45) is 17.3 Å². The number of rotatable bonds is 3. The Kier molecular flexibility index (Phi) is 5.81. The van der Waals surface area contributed by atoms with E-state index >= 15 is 0 Å². The molecule has 3 rings (SSSR count). The highest BCUT2D eigenvalue weighted by molar-refractivity contribution is 5.78. The number of benzene rings is 1. The molecule has 1 aromatic rings. The highest BCUT2D eigenvalue weighted by atomic mass is 19.4. The quantitative estimate of drug-likeness (QED) is 0.832. The van der Waals surface area contributed by atoms with Crippen molar-refractivity contribution in [2.75, 3.05) is 37.7 Å². The number of nitriles is 1. The first-order valence-electron chi connectivity index (χ1n) is 9.87. The Balaban J connectivity index is 1.77. The fourth-order valence-electron chi connectivity index (χ4n) is 4.66. The van der Waals surface area contributed by atoms with Crippen molar-refractivity contribution in [3.8, 4) is 6.07 Å². The zero-order valence-electron chi connectivity index (χ0n) is 16.7. The monoisotopic (exact) mass is 409 g/mol. The largest absolute Gasteiger partial charge is 0.417 e. The number of piperidine rings is 1. The van der Waals surface area contributed by atoms with Gasteiger partial charge in [0.25, 0.3) is 0 Å². The lowest BCUT2D eigenvalue weighted by Gasteiger charge is -2.43. The van der Waals surface area contributed by atoms with Crippen LogP contribution >= 0.6 is 0 Å². The molecule has 1 spiro atoms. The Morgan fingerprint density at radius 1 is 1.34 bits per heavy atom. The van der Waals surface area contributed by atoms with E-state index in [1.807, 2.05) is 23.6 Å². The third-order valence-corrected chi connectivity index (χ3v) is 6.39. The lowest BCUT2D eigenvalue weighted by atomic mass is 9.71. The standard InChI is InChI=1S/C21H26F3N3O2/c1-14(2)19(29)27-11-16(12-28)20(13-27)5-7-26(8-6-20)17-4-3-15(10-25)18(9-17)21(22,23)24/h3-4,9,14,16,28H,5-8,11-13H2,1-2H3. The third-order valence-electron chi connectivity index (χ3n) is 6.39. The van der Waals surface area contributed by atoms with Gasteiger partial charge in [0.15, 0.2) is 0 Å². The van der Waals surface area contributed by atoms with Crippen LogP contribution in [0.25, 0.3) is 0 Å². The highest BCUT2D eigenvalue weighted by Gasteiger charge is 2.49. The van der Waals surface area contributed by atoms with Crippen LogP contribution in [0.4, 0.5) is 18.9 Å². The van der Waals surface area contributed by atoms with E-state index in [-0.39, 0.29) is 35.3 Å². The van der Waals surface area contributed by atoms with Crippen LogP contribution in [0.15, 0.2) is 18.2 Å². The maximum Gasteiger partial charge on any atom is 0.417 e. The molecule has 29 heavy (non-hydrogen) atoms. The Bertz CT molecular complexity index is 808. The number of anilines is 1. The fraction of sp³-hybridized carbons (Fsp3) is 0.619. The van der Waals surface area contributed by atoms with Crippen LogP contribution < -0.4 is 4.90 Å². The molecular formula is C21H26F3N3O2. The molecule has 2 aliphatic rings. The summed E-state index contributed by atoms with van der Waals surface area (Å²) in [6, 6.07) is 5.42. The van der Waals surface area contributed by atoms with Crippen molar-refractivity contribution in [3.05, 3.63) is 29.3 Å². The molecule has 0 aliphatic carbocycles. The predicted octanol–water partition coefficient (Wildman–Crippen LogP) is 3.27. The highest BCUT2D eigenvalue weighted by Crippen LogP contribution is 2.46. The second-order valence-electron chi connectivity index (χ2n) is 8.44. The van der Waals surface area contributed by atoms with Crippen molar-refractivity contribution in [1.29, 1.82) is 5.26 Å². The molecule has 5 nitrogen and oxygen atoms in total. The van der Waals surface area contributed by atoms with Gasteiger partial charge in [-0.05, 0) is 36.5 Å². The molecule has 2 fully saturated rings. The molecule has 8 heteroatoms. The molecule has 2 saturated heterocycles. The van der Waals surface area contributed by atoms with Gasteiger partial charge in [-0.2, -0.15) is 18.4 Å². The van der Waals surface area contributed by atoms with Gasteiger partial charge in [-0.15, -0.1) is 0 Å². The van der Waals surface area contributed by atoms with E-state index in [1.54, 1.807) is 12.1 Å². The predicted molar refractivity (Wildman–Crippen MR) is 102 cm³/mol. The molecule has 158 valence electrons. The molecule has 1 N–H and O–H groups in total. The number of hydrogen-bond donors (Lipinski definition) is 1. The lowest BCUT2D eigenvalue weighted by molar-refractivity contribution is -0.137. The van der Waals surface area contributed by atoms with E-state index in [0.29, 0.717) is 44.7 Å². The second-order valence-corrected chi connectivity index (χ2v) is 8.44. The molecule has 1 unspecified atom stereocenters. The van der Waals surface area contributed by atoms with E-state index in [4.69, 9.17) is 5.26 Å². The van der Waals surface area contributed by atoms with E-state index in [9.17, 15) is 23.1 Å². The number of aliphatic hydroxyl groups excluding tert-OH is 1. The molecule has 1 amide bonds. The minimum Gasteiger partial charge on any atom is -0.396 e. The lowest BCUT2D eigenvalue weighted by Crippen LogP contribution is -2.45. The minimum atomic E-state index is -4.58. The van der Waals surface area contributed by atoms with Crippen molar-refractivity contribution < 1.29 is 23.1 Å². The first kappa shape index (κ1) is 21.4. The Hall–Kier alpha value is -2.27. The zero-order chi connectivity index (χ0) is 21.4. The maximum atomic E-state index is 13.3. The van der Waals surface area contributed by atoms with Crippen LogP contribution in [0.1, 0.15) is 37.8 Å². The average molecular weight is 409 g/mol. The minimum absolute atomic E-state index is 0.00301. The summed E-state index contributed by atoms with van der Waals surface area (Å²) in [6.45, 7) is 5.91. The van der Waals surface area contributed by atoms with Crippen LogP contribution in [-0.2, 0) is 11.0 Å². The summed E-state index contributed by atoms with van der Waals surface area (Å²) in [5, 5.41) is 18.8. The Labute approximate surface area is 168 Å². The molecular weight excluding hydrogens is 383 g/mol. The average Bonchev–Trinajstić information content (AvgIpc) is 3.04. The number of aliphatic hydroxyl groups is 1. The number of hydrogen-bond acceptors (Lipinski definition) is 4. The maximum absolute atomic E-state index is 13.3. The summed E-state index contributed by atoms with van der Waals surface area (Å²) in [7, 11) is 0. The molecule has 0 radical (unpaired) electrons. The van der Waals surface area contributed by atoms with E-state index in [1.165, 1.54) is 6.07 Å². The van der Waals surface area contributed by atoms with Crippen molar-refractivity contribution in [2.45, 2.75) is 32.9 Å². The summed E-state index contributed by atoms with van der Waals surface area (Å²) in [5.74, 6) is -0.0484. The third kappa shape index (κ3) is 4.06. The van der Waals surface area contributed by atoms with Crippen molar-refractivity contribution in [1.82, 2.24) is 4.90 Å². The second kappa shape index (κ2) is 7.86. The van der Waals surface area contributed by atoms with Gasteiger partial charge < -0.3 is 14.9 Å². The molecule has 2 aliphatic heterocycles. The van der Waals surface area contributed by atoms with Gasteiger partial charge in [0.1, 0.15) is 0 Å². The summed E-state index contributed by atoms with van der Waals surface area (Å²) in [4.78, 5) is 16.1. The number of halogens is 3. The van der Waals surface area contributed by atoms with Gasteiger partial charge in [-0.1, -0.05) is 13.8 Å². The van der Waals surface area contributed by atoms with Gasteiger partial charge in [0.2, 0.25) is 5.91 Å². The van der Waals surface area contributed by atoms with Gasteiger partial charge >= 0.3 is 6.18 Å². The van der Waals surface area contributed by atoms with Crippen LogP contribution in [0.3, 0.4) is 0 Å². The fourth-order valence-corrected chi connectivity index (χ4v) is 4.66. The number of carbonyl (C=O) groups excluding carboxylic acids is 1. The smallest absolute Gasteiger partial charge is 0.396 e. The topological polar surface area (TPSA) is 67.6 Å². The molecule has 0 saturated carbocycles. The zero-order valence-corrected chi connectivity index (χ0v) is 16.7. The summed E-state index contributed by atoms with van der Waals surface area (Å²) < 4.78 is 39.8. The van der Waals surface area contributed by atoms with Crippen LogP contribution in [0, 0.1) is 28.6 Å². The number of carbonyl (C=O) groups is 1. The number of alkyl halides is 3. The Morgan fingerprint density at radius 2 is 2.00 bits per heavy atom. The normalized spacial score (nSPS) is 21.7. The summed E-state index contributed by atoms with van der Waals surface area (Å²) >= 11 is 0. The first-order valence-corrected chi connectivity index (χ1v) is 9.87. The number of amides is 1. The molecule has 1 atom stereocenters. The van der Waals surface area contributed by atoms with E-state index in [0.717, 1.165) is 6.07 Å². The number of likely N-dealkylation sites (tertiary alicyclic amines) is 1. The Morgan fingerprint density at radius 3 is 2.52 bits per heavy atom. The number of nitrogens with zero attached hydrogens (tertiary/aromatic N) is 3. The summed E-state index contributed by atoms with van der Waals surface area (Å²) in [6.07, 6.45) is -3.19. The van der Waals surface area contributed by atoms with Crippen molar-refractivity contribution in [3.63, 3.8) is 0 Å². The van der Waals surface area contributed by atoms with Gasteiger partial charge in [0, 0.05) is 50.3 Å². The first-order chi connectivity index (χ1) is 13.6.